The summed E-state index contributed by atoms with van der Waals surface area (Å²) in [5, 5.41) is 8.41. The van der Waals surface area contributed by atoms with Crippen molar-refractivity contribution in [2.75, 3.05) is 13.1 Å². The molecule has 2 aliphatic rings. The summed E-state index contributed by atoms with van der Waals surface area (Å²) in [6.07, 6.45) is 2.88. The van der Waals surface area contributed by atoms with Crippen LogP contribution in [0.1, 0.15) is 37.8 Å². The maximum absolute atomic E-state index is 3.80. The van der Waals surface area contributed by atoms with Gasteiger partial charge in [0.25, 0.3) is 0 Å². The third kappa shape index (κ3) is 3.04. The van der Waals surface area contributed by atoms with E-state index in [1.54, 1.807) is 0 Å². The molecule has 2 fully saturated rings. The molecular formula is C16H26N2S. The smallest absolute Gasteiger partial charge is 0.0248 e. The van der Waals surface area contributed by atoms with Gasteiger partial charge in [0.15, 0.2) is 0 Å². The van der Waals surface area contributed by atoms with Crippen LogP contribution >= 0.6 is 11.3 Å². The van der Waals surface area contributed by atoms with Gasteiger partial charge in [-0.25, -0.2) is 0 Å². The van der Waals surface area contributed by atoms with Gasteiger partial charge in [0.2, 0.25) is 0 Å². The molecule has 106 valence electrons. The quantitative estimate of drug-likeness (QED) is 0.909. The van der Waals surface area contributed by atoms with Crippen molar-refractivity contribution in [2.45, 2.75) is 52.2 Å². The summed E-state index contributed by atoms with van der Waals surface area (Å²) in [5.41, 5.74) is 3.00. The first-order valence-corrected chi connectivity index (χ1v) is 8.58. The SMILES string of the molecule is Cc1cscc1CN1CC(C2CC2)NCC1C(C)C. The van der Waals surface area contributed by atoms with Crippen LogP contribution in [0, 0.1) is 18.8 Å². The Morgan fingerprint density at radius 1 is 1.37 bits per heavy atom. The highest BCUT2D eigenvalue weighted by Gasteiger charge is 2.37. The lowest BCUT2D eigenvalue weighted by atomic mass is 9.96. The van der Waals surface area contributed by atoms with Crippen LogP contribution < -0.4 is 5.32 Å². The molecule has 2 nitrogen and oxygen atoms in total. The van der Waals surface area contributed by atoms with Gasteiger partial charge in [-0.1, -0.05) is 13.8 Å². The summed E-state index contributed by atoms with van der Waals surface area (Å²) in [7, 11) is 0. The molecule has 0 aromatic carbocycles. The first-order chi connectivity index (χ1) is 9.15. The monoisotopic (exact) mass is 278 g/mol. The molecule has 1 saturated heterocycles. The Labute approximate surface area is 121 Å². The molecule has 19 heavy (non-hydrogen) atoms. The van der Waals surface area contributed by atoms with E-state index < -0.39 is 0 Å². The average molecular weight is 278 g/mol. The molecule has 0 spiro atoms. The van der Waals surface area contributed by atoms with Crippen molar-refractivity contribution in [1.82, 2.24) is 10.2 Å². The maximum atomic E-state index is 3.80. The summed E-state index contributed by atoms with van der Waals surface area (Å²) in [4.78, 5) is 2.74. The van der Waals surface area contributed by atoms with Crippen molar-refractivity contribution in [3.8, 4) is 0 Å². The van der Waals surface area contributed by atoms with Crippen LogP contribution in [0.3, 0.4) is 0 Å². The molecule has 1 aromatic rings. The highest BCUT2D eigenvalue weighted by molar-refractivity contribution is 7.08. The number of nitrogens with one attached hydrogen (secondary N) is 1. The molecule has 2 unspecified atom stereocenters. The second kappa shape index (κ2) is 5.55. The van der Waals surface area contributed by atoms with Crippen molar-refractivity contribution < 1.29 is 0 Å². The number of thiophene rings is 1. The maximum Gasteiger partial charge on any atom is 0.0248 e. The zero-order chi connectivity index (χ0) is 13.4. The molecule has 2 heterocycles. The van der Waals surface area contributed by atoms with Crippen LogP contribution in [0.2, 0.25) is 0 Å². The van der Waals surface area contributed by atoms with Crippen molar-refractivity contribution in [3.63, 3.8) is 0 Å². The molecule has 0 radical (unpaired) electrons. The lowest BCUT2D eigenvalue weighted by Gasteiger charge is -2.42. The van der Waals surface area contributed by atoms with E-state index in [1.165, 1.54) is 37.1 Å². The van der Waals surface area contributed by atoms with E-state index in [2.05, 4.69) is 41.7 Å². The van der Waals surface area contributed by atoms with E-state index in [9.17, 15) is 0 Å². The van der Waals surface area contributed by atoms with Gasteiger partial charge < -0.3 is 5.32 Å². The highest BCUT2D eigenvalue weighted by Crippen LogP contribution is 2.35. The van der Waals surface area contributed by atoms with Crippen LogP contribution in [0.4, 0.5) is 0 Å². The first kappa shape index (κ1) is 13.6. The largest absolute Gasteiger partial charge is 0.311 e. The highest BCUT2D eigenvalue weighted by atomic mass is 32.1. The Kier molecular flexibility index (Phi) is 3.97. The van der Waals surface area contributed by atoms with E-state index >= 15 is 0 Å². The van der Waals surface area contributed by atoms with Crippen LogP contribution in [0.15, 0.2) is 10.8 Å². The number of hydrogen-bond acceptors (Lipinski definition) is 3. The molecule has 1 aliphatic heterocycles. The van der Waals surface area contributed by atoms with E-state index in [1.807, 2.05) is 11.3 Å². The average Bonchev–Trinajstić information content (AvgIpc) is 3.15. The Morgan fingerprint density at radius 3 is 2.74 bits per heavy atom. The second-order valence-corrected chi connectivity index (χ2v) is 7.42. The minimum Gasteiger partial charge on any atom is -0.311 e. The van der Waals surface area contributed by atoms with Gasteiger partial charge in [0.1, 0.15) is 0 Å². The minimum absolute atomic E-state index is 0.689. The molecule has 3 heteroatoms. The Hall–Kier alpha value is -0.380. The summed E-state index contributed by atoms with van der Waals surface area (Å²) in [5.74, 6) is 1.69. The molecule has 1 saturated carbocycles. The predicted octanol–water partition coefficient (Wildman–Crippen LogP) is 3.26. The summed E-state index contributed by atoms with van der Waals surface area (Å²) >= 11 is 1.84. The van der Waals surface area contributed by atoms with Crippen LogP contribution in [-0.4, -0.2) is 30.1 Å². The van der Waals surface area contributed by atoms with E-state index in [0.717, 1.165) is 24.4 Å². The second-order valence-electron chi connectivity index (χ2n) is 6.67. The summed E-state index contributed by atoms with van der Waals surface area (Å²) < 4.78 is 0. The molecule has 0 bridgehead atoms. The fraction of sp³-hybridized carbons (Fsp3) is 0.750. The molecule has 0 amide bonds. The zero-order valence-electron chi connectivity index (χ0n) is 12.4. The third-order valence-corrected chi connectivity index (χ3v) is 5.70. The lowest BCUT2D eigenvalue weighted by Crippen LogP contribution is -2.58. The fourth-order valence-corrected chi connectivity index (χ4v) is 4.12. The van der Waals surface area contributed by atoms with Gasteiger partial charge >= 0.3 is 0 Å². The van der Waals surface area contributed by atoms with Crippen molar-refractivity contribution in [1.29, 1.82) is 0 Å². The van der Waals surface area contributed by atoms with Crippen molar-refractivity contribution in [3.05, 3.63) is 21.9 Å². The van der Waals surface area contributed by atoms with Gasteiger partial charge in [-0.2, -0.15) is 11.3 Å². The number of aryl methyl sites for hydroxylation is 1. The van der Waals surface area contributed by atoms with Crippen LogP contribution in [-0.2, 0) is 6.54 Å². The van der Waals surface area contributed by atoms with Crippen molar-refractivity contribution >= 4 is 11.3 Å². The molecule has 1 aliphatic carbocycles. The molecule has 3 rings (SSSR count). The number of piperazine rings is 1. The van der Waals surface area contributed by atoms with Gasteiger partial charge in [0, 0.05) is 31.7 Å². The first-order valence-electron chi connectivity index (χ1n) is 7.64. The van der Waals surface area contributed by atoms with Crippen LogP contribution in [0.5, 0.6) is 0 Å². The van der Waals surface area contributed by atoms with Gasteiger partial charge in [-0.3, -0.25) is 4.90 Å². The summed E-state index contributed by atoms with van der Waals surface area (Å²) in [6.45, 7) is 10.5. The van der Waals surface area contributed by atoms with Gasteiger partial charge in [-0.15, -0.1) is 0 Å². The minimum atomic E-state index is 0.689. The Morgan fingerprint density at radius 2 is 2.16 bits per heavy atom. The van der Waals surface area contributed by atoms with E-state index in [0.29, 0.717) is 6.04 Å². The molecule has 1 aromatic heterocycles. The summed E-state index contributed by atoms with van der Waals surface area (Å²) in [6, 6.07) is 1.43. The molecular weight excluding hydrogens is 252 g/mol. The van der Waals surface area contributed by atoms with Crippen LogP contribution in [0.25, 0.3) is 0 Å². The van der Waals surface area contributed by atoms with E-state index in [-0.39, 0.29) is 0 Å². The van der Waals surface area contributed by atoms with Gasteiger partial charge in [0.05, 0.1) is 0 Å². The van der Waals surface area contributed by atoms with E-state index in [4.69, 9.17) is 0 Å². The Bertz CT molecular complexity index is 422. The topological polar surface area (TPSA) is 15.3 Å². The van der Waals surface area contributed by atoms with Gasteiger partial charge in [-0.05, 0) is 53.5 Å². The molecule has 2 atom stereocenters. The fourth-order valence-electron chi connectivity index (χ4n) is 3.27. The number of nitrogens with zero attached hydrogens (tertiary/aromatic N) is 1. The normalized spacial score (nSPS) is 29.1. The van der Waals surface area contributed by atoms with Crippen molar-refractivity contribution in [2.24, 2.45) is 11.8 Å². The third-order valence-electron chi connectivity index (χ3n) is 4.79. The standard InChI is InChI=1S/C16H26N2S/c1-11(2)16-6-17-15(13-4-5-13)8-18(16)7-14-10-19-9-12(14)3/h9-11,13,15-17H,4-8H2,1-3H3. The zero-order valence-corrected chi connectivity index (χ0v) is 13.2. The number of rotatable bonds is 4. The lowest BCUT2D eigenvalue weighted by molar-refractivity contribution is 0.0852. The Balaban J connectivity index is 1.71. The molecule has 1 N–H and O–H groups in total. The number of hydrogen-bond donors (Lipinski definition) is 1. The predicted molar refractivity (Wildman–Crippen MR) is 82.6 cm³/mol.